The molecule has 0 N–H and O–H groups in total. The Morgan fingerprint density at radius 3 is 2.79 bits per heavy atom. The summed E-state index contributed by atoms with van der Waals surface area (Å²) in [5.74, 6) is 0. The fourth-order valence-corrected chi connectivity index (χ4v) is 3.17. The highest BCUT2D eigenvalue weighted by Gasteiger charge is 2.31. The lowest BCUT2D eigenvalue weighted by Gasteiger charge is -2.35. The van der Waals surface area contributed by atoms with E-state index in [1.54, 1.807) is 0 Å². The molecule has 1 aliphatic carbocycles. The van der Waals surface area contributed by atoms with Gasteiger partial charge in [-0.1, -0.05) is 51.8 Å². The molecule has 1 aromatic rings. The van der Waals surface area contributed by atoms with Crippen LogP contribution in [0.4, 0.5) is 0 Å². The van der Waals surface area contributed by atoms with Crippen LogP contribution in [0.15, 0.2) is 22.7 Å². The molecule has 0 nitrogen and oxygen atoms in total. The van der Waals surface area contributed by atoms with E-state index in [-0.39, 0.29) is 0 Å². The van der Waals surface area contributed by atoms with Gasteiger partial charge in [-0.3, -0.25) is 0 Å². The molecular formula is C12H14Br2. The maximum absolute atomic E-state index is 3.75. The monoisotopic (exact) mass is 316 g/mol. The zero-order chi connectivity index (χ0) is 10.3. The van der Waals surface area contributed by atoms with Crippen LogP contribution in [0.5, 0.6) is 0 Å². The van der Waals surface area contributed by atoms with Crippen LogP contribution in [-0.2, 0) is 5.41 Å². The minimum atomic E-state index is 0.334. The summed E-state index contributed by atoms with van der Waals surface area (Å²) >= 11 is 7.29. The average molecular weight is 318 g/mol. The van der Waals surface area contributed by atoms with Gasteiger partial charge in [-0.15, -0.1) is 0 Å². The molecule has 0 aromatic heterocycles. The minimum absolute atomic E-state index is 0.334. The summed E-state index contributed by atoms with van der Waals surface area (Å²) < 4.78 is 1.18. The summed E-state index contributed by atoms with van der Waals surface area (Å²) in [6, 6.07) is 6.65. The van der Waals surface area contributed by atoms with E-state index < -0.39 is 0 Å². The maximum atomic E-state index is 3.75. The predicted octanol–water partition coefficient (Wildman–Crippen LogP) is 4.96. The van der Waals surface area contributed by atoms with Crippen molar-refractivity contribution < 1.29 is 0 Å². The third kappa shape index (κ3) is 1.79. The van der Waals surface area contributed by atoms with Crippen LogP contribution >= 0.6 is 31.9 Å². The molecule has 0 spiro atoms. The molecule has 0 amide bonds. The highest BCUT2D eigenvalue weighted by molar-refractivity contribution is 9.10. The van der Waals surface area contributed by atoms with Gasteiger partial charge in [-0.25, -0.2) is 0 Å². The largest absolute Gasteiger partial charge is 0.0839 e. The molecule has 0 radical (unpaired) electrons. The van der Waals surface area contributed by atoms with Gasteiger partial charge in [-0.2, -0.15) is 0 Å². The quantitative estimate of drug-likeness (QED) is 0.593. The lowest BCUT2D eigenvalue weighted by atomic mass is 9.73. The van der Waals surface area contributed by atoms with Crippen molar-refractivity contribution in [2.75, 3.05) is 0 Å². The molecule has 2 heteroatoms. The Balaban J connectivity index is 2.57. The smallest absolute Gasteiger partial charge is 0.0399 e. The van der Waals surface area contributed by atoms with Crippen molar-refractivity contribution >= 4 is 31.9 Å². The standard InChI is InChI=1S/C12H14Br2/c1-12(2)6-5-11(14)9-7-8(13)3-4-10(9)12/h3-4,7,11H,5-6H2,1-2H3. The number of hydrogen-bond donors (Lipinski definition) is 0. The normalized spacial score (nSPS) is 24.4. The molecular weight excluding hydrogens is 304 g/mol. The second-order valence-corrected chi connectivity index (χ2v) is 6.64. The fourth-order valence-electron chi connectivity index (χ4n) is 2.19. The first-order valence-corrected chi connectivity index (χ1v) is 6.65. The number of halogens is 2. The molecule has 0 aliphatic heterocycles. The molecule has 1 aromatic carbocycles. The van der Waals surface area contributed by atoms with Gasteiger partial charge in [0.25, 0.3) is 0 Å². The van der Waals surface area contributed by atoms with Gasteiger partial charge in [0.05, 0.1) is 0 Å². The SMILES string of the molecule is CC1(C)CCC(Br)c2cc(Br)ccc21. The van der Waals surface area contributed by atoms with Crippen LogP contribution < -0.4 is 0 Å². The topological polar surface area (TPSA) is 0 Å². The zero-order valence-corrected chi connectivity index (χ0v) is 11.7. The van der Waals surface area contributed by atoms with Crippen molar-refractivity contribution in [3.63, 3.8) is 0 Å². The maximum Gasteiger partial charge on any atom is 0.0399 e. The summed E-state index contributed by atoms with van der Waals surface area (Å²) in [4.78, 5) is 0.531. The Kier molecular flexibility index (Phi) is 2.78. The summed E-state index contributed by atoms with van der Waals surface area (Å²) in [7, 11) is 0. The average Bonchev–Trinajstić information content (AvgIpc) is 2.12. The van der Waals surface area contributed by atoms with Crippen LogP contribution in [0.2, 0.25) is 0 Å². The van der Waals surface area contributed by atoms with Gasteiger partial charge in [0.1, 0.15) is 0 Å². The molecule has 0 saturated carbocycles. The van der Waals surface area contributed by atoms with Crippen molar-refractivity contribution in [2.24, 2.45) is 0 Å². The van der Waals surface area contributed by atoms with E-state index in [0.717, 1.165) is 0 Å². The Bertz CT molecular complexity index is 355. The Morgan fingerprint density at radius 1 is 1.36 bits per heavy atom. The summed E-state index contributed by atoms with van der Waals surface area (Å²) in [5.41, 5.74) is 3.28. The number of alkyl halides is 1. The van der Waals surface area contributed by atoms with Crippen molar-refractivity contribution in [3.8, 4) is 0 Å². The number of hydrogen-bond acceptors (Lipinski definition) is 0. The summed E-state index contributed by atoms with van der Waals surface area (Å²) in [6.07, 6.45) is 2.49. The first-order valence-electron chi connectivity index (χ1n) is 4.95. The third-order valence-corrected chi connectivity index (χ3v) is 4.55. The van der Waals surface area contributed by atoms with Gasteiger partial charge < -0.3 is 0 Å². The van der Waals surface area contributed by atoms with Gasteiger partial charge >= 0.3 is 0 Å². The van der Waals surface area contributed by atoms with Crippen LogP contribution in [-0.4, -0.2) is 0 Å². The molecule has 14 heavy (non-hydrogen) atoms. The van der Waals surface area contributed by atoms with E-state index in [0.29, 0.717) is 10.2 Å². The third-order valence-electron chi connectivity index (χ3n) is 3.10. The summed E-state index contributed by atoms with van der Waals surface area (Å²) in [5, 5.41) is 0. The Morgan fingerprint density at radius 2 is 2.07 bits per heavy atom. The van der Waals surface area contributed by atoms with Crippen molar-refractivity contribution in [3.05, 3.63) is 33.8 Å². The molecule has 2 rings (SSSR count). The molecule has 76 valence electrons. The molecule has 0 saturated heterocycles. The highest BCUT2D eigenvalue weighted by Crippen LogP contribution is 2.45. The molecule has 0 fully saturated rings. The first kappa shape index (κ1) is 10.7. The highest BCUT2D eigenvalue weighted by atomic mass is 79.9. The van der Waals surface area contributed by atoms with Gasteiger partial charge in [0, 0.05) is 9.30 Å². The zero-order valence-electron chi connectivity index (χ0n) is 8.48. The molecule has 1 aliphatic rings. The van der Waals surface area contributed by atoms with E-state index >= 15 is 0 Å². The van der Waals surface area contributed by atoms with Crippen LogP contribution in [0.3, 0.4) is 0 Å². The van der Waals surface area contributed by atoms with Crippen molar-refractivity contribution in [1.82, 2.24) is 0 Å². The Hall–Kier alpha value is 0.180. The van der Waals surface area contributed by atoms with E-state index in [2.05, 4.69) is 63.9 Å². The van der Waals surface area contributed by atoms with Crippen molar-refractivity contribution in [2.45, 2.75) is 36.9 Å². The lowest BCUT2D eigenvalue weighted by molar-refractivity contribution is 0.430. The molecule has 0 heterocycles. The van der Waals surface area contributed by atoms with Crippen LogP contribution in [0.1, 0.15) is 42.6 Å². The van der Waals surface area contributed by atoms with Crippen LogP contribution in [0.25, 0.3) is 0 Å². The van der Waals surface area contributed by atoms with E-state index in [1.165, 1.54) is 28.4 Å². The minimum Gasteiger partial charge on any atom is -0.0839 e. The van der Waals surface area contributed by atoms with E-state index in [9.17, 15) is 0 Å². The van der Waals surface area contributed by atoms with Gasteiger partial charge in [0.15, 0.2) is 0 Å². The summed E-state index contributed by atoms with van der Waals surface area (Å²) in [6.45, 7) is 4.66. The van der Waals surface area contributed by atoms with E-state index in [1.807, 2.05) is 0 Å². The van der Waals surface area contributed by atoms with Crippen molar-refractivity contribution in [1.29, 1.82) is 0 Å². The Labute approximate surface area is 102 Å². The lowest BCUT2D eigenvalue weighted by Crippen LogP contribution is -2.24. The fraction of sp³-hybridized carbons (Fsp3) is 0.500. The number of fused-ring (bicyclic) bond motifs is 1. The first-order chi connectivity index (χ1) is 6.50. The number of rotatable bonds is 0. The second-order valence-electron chi connectivity index (χ2n) is 4.62. The predicted molar refractivity (Wildman–Crippen MR) is 68.1 cm³/mol. The van der Waals surface area contributed by atoms with Gasteiger partial charge in [0.2, 0.25) is 0 Å². The number of benzene rings is 1. The molecule has 0 bridgehead atoms. The molecule has 1 atom stereocenters. The van der Waals surface area contributed by atoms with Gasteiger partial charge in [-0.05, 0) is 41.5 Å². The van der Waals surface area contributed by atoms with Crippen LogP contribution in [0, 0.1) is 0 Å². The van der Waals surface area contributed by atoms with E-state index in [4.69, 9.17) is 0 Å². The second kappa shape index (κ2) is 3.64. The molecule has 1 unspecified atom stereocenters.